The third-order valence-corrected chi connectivity index (χ3v) is 5.92. The Labute approximate surface area is 189 Å². The minimum atomic E-state index is -0.605. The van der Waals surface area contributed by atoms with Gasteiger partial charge in [-0.3, -0.25) is 5.41 Å². The lowest BCUT2D eigenvalue weighted by molar-refractivity contribution is 0.184. The van der Waals surface area contributed by atoms with E-state index in [0.717, 1.165) is 18.4 Å². The van der Waals surface area contributed by atoms with Crippen LogP contribution in [0.1, 0.15) is 48.7 Å². The molecule has 1 heterocycles. The molecule has 4 rings (SSSR count). The fraction of sp³-hybridized carbons (Fsp3) is 0.308. The molecule has 1 fully saturated rings. The zero-order valence-electron chi connectivity index (χ0n) is 18.3. The maximum atomic E-state index is 9.72. The number of benzene rings is 2. The molecule has 2 aromatic carbocycles. The van der Waals surface area contributed by atoms with Crippen molar-refractivity contribution in [2.75, 3.05) is 6.54 Å². The second kappa shape index (κ2) is 9.82. The Balaban J connectivity index is 1.33. The van der Waals surface area contributed by atoms with Crippen LogP contribution in [-0.4, -0.2) is 33.1 Å². The monoisotopic (exact) mass is 427 g/mol. The highest BCUT2D eigenvalue weighted by Gasteiger charge is 2.29. The molecule has 1 aliphatic rings. The molecule has 5 N–H and O–H groups in total. The molecule has 6 nitrogen and oxygen atoms in total. The summed E-state index contributed by atoms with van der Waals surface area (Å²) in [5, 5.41) is 20.3. The third-order valence-electron chi connectivity index (χ3n) is 5.92. The van der Waals surface area contributed by atoms with Crippen molar-refractivity contribution in [3.8, 4) is 23.0 Å². The fourth-order valence-corrected chi connectivity index (χ4v) is 4.05. The molecule has 164 valence electrons. The zero-order chi connectivity index (χ0) is 22.5. The first-order valence-corrected chi connectivity index (χ1v) is 10.9. The smallest absolute Gasteiger partial charge is 0.138 e. The lowest BCUT2D eigenvalue weighted by atomic mass is 9.75. The standard InChI is InChI=1S/C26H29N5O/c1-18(32)26-29-12-14-31(26)13-2-3-19-4-6-20(7-5-19)21-8-10-22(11-9-21)23-15-24(16-23)30-17-25(27)28/h4-12,14,18,23-24,30,32H,13,15-17H2,1H3,(H3,27,28). The number of amidine groups is 1. The first-order valence-electron chi connectivity index (χ1n) is 10.9. The quantitative estimate of drug-likeness (QED) is 0.264. The van der Waals surface area contributed by atoms with Crippen LogP contribution >= 0.6 is 0 Å². The van der Waals surface area contributed by atoms with Crippen LogP contribution in [0.4, 0.5) is 0 Å². The summed E-state index contributed by atoms with van der Waals surface area (Å²) in [5.74, 6) is 7.73. The molecule has 1 aromatic heterocycles. The number of nitrogens with zero attached hydrogens (tertiary/aromatic N) is 2. The highest BCUT2D eigenvalue weighted by Crippen LogP contribution is 2.37. The van der Waals surface area contributed by atoms with Crippen LogP contribution < -0.4 is 11.1 Å². The first-order chi connectivity index (χ1) is 15.5. The van der Waals surface area contributed by atoms with Gasteiger partial charge in [0.15, 0.2) is 0 Å². The lowest BCUT2D eigenvalue weighted by Gasteiger charge is -2.36. The van der Waals surface area contributed by atoms with Crippen molar-refractivity contribution >= 4 is 5.84 Å². The van der Waals surface area contributed by atoms with E-state index in [1.165, 1.54) is 16.7 Å². The average Bonchev–Trinajstić information content (AvgIpc) is 3.22. The highest BCUT2D eigenvalue weighted by molar-refractivity contribution is 5.78. The molecule has 6 heteroatoms. The number of hydrogen-bond acceptors (Lipinski definition) is 4. The summed E-state index contributed by atoms with van der Waals surface area (Å²) in [6, 6.07) is 17.6. The van der Waals surface area contributed by atoms with E-state index in [2.05, 4.69) is 58.5 Å². The second-order valence-electron chi connectivity index (χ2n) is 8.36. The molecule has 0 bridgehead atoms. The Bertz CT molecular complexity index is 1110. The number of hydrogen-bond donors (Lipinski definition) is 4. The molecule has 0 spiro atoms. The molecule has 32 heavy (non-hydrogen) atoms. The Morgan fingerprint density at radius 3 is 2.47 bits per heavy atom. The molecule has 0 amide bonds. The van der Waals surface area contributed by atoms with Crippen molar-refractivity contribution in [3.05, 3.63) is 77.9 Å². The summed E-state index contributed by atoms with van der Waals surface area (Å²) in [6.07, 6.45) is 5.09. The van der Waals surface area contributed by atoms with E-state index in [0.29, 0.717) is 30.9 Å². The van der Waals surface area contributed by atoms with Gasteiger partial charge in [0.2, 0.25) is 0 Å². The van der Waals surface area contributed by atoms with E-state index in [4.69, 9.17) is 11.1 Å². The molecular formula is C26H29N5O. The van der Waals surface area contributed by atoms with Gasteiger partial charge < -0.3 is 20.7 Å². The van der Waals surface area contributed by atoms with Crippen LogP contribution in [0.5, 0.6) is 0 Å². The van der Waals surface area contributed by atoms with Crippen LogP contribution in [0.15, 0.2) is 60.9 Å². The van der Waals surface area contributed by atoms with Gasteiger partial charge >= 0.3 is 0 Å². The zero-order valence-corrected chi connectivity index (χ0v) is 18.3. The number of nitrogens with one attached hydrogen (secondary N) is 2. The van der Waals surface area contributed by atoms with Gasteiger partial charge in [-0.1, -0.05) is 48.2 Å². The van der Waals surface area contributed by atoms with Gasteiger partial charge in [-0.15, -0.1) is 0 Å². The van der Waals surface area contributed by atoms with Gasteiger partial charge in [-0.25, -0.2) is 4.98 Å². The fourth-order valence-electron chi connectivity index (χ4n) is 4.05. The molecule has 0 saturated heterocycles. The Hall–Kier alpha value is -3.40. The van der Waals surface area contributed by atoms with Crippen LogP contribution in [-0.2, 0) is 6.54 Å². The van der Waals surface area contributed by atoms with Gasteiger partial charge in [0.25, 0.3) is 0 Å². The topological polar surface area (TPSA) is 100.0 Å². The van der Waals surface area contributed by atoms with Crippen molar-refractivity contribution in [2.24, 2.45) is 5.73 Å². The SMILES string of the molecule is CC(O)c1nccn1CC#Cc1ccc(-c2ccc(C3CC(NCC(=N)N)C3)cc2)cc1. The summed E-state index contributed by atoms with van der Waals surface area (Å²) < 4.78 is 1.86. The molecule has 0 radical (unpaired) electrons. The molecule has 1 atom stereocenters. The molecule has 1 aliphatic carbocycles. The summed E-state index contributed by atoms with van der Waals surface area (Å²) in [5.41, 5.74) is 10.1. The minimum Gasteiger partial charge on any atom is -0.387 e. The average molecular weight is 428 g/mol. The van der Waals surface area contributed by atoms with E-state index >= 15 is 0 Å². The molecule has 1 unspecified atom stereocenters. The first kappa shape index (κ1) is 21.8. The van der Waals surface area contributed by atoms with Crippen LogP contribution in [0.3, 0.4) is 0 Å². The van der Waals surface area contributed by atoms with E-state index in [-0.39, 0.29) is 5.84 Å². The number of aromatic nitrogens is 2. The highest BCUT2D eigenvalue weighted by atomic mass is 16.3. The van der Waals surface area contributed by atoms with Crippen molar-refractivity contribution in [2.45, 2.75) is 44.4 Å². The maximum absolute atomic E-state index is 9.72. The van der Waals surface area contributed by atoms with Crippen LogP contribution in [0.2, 0.25) is 0 Å². The normalized spacial score (nSPS) is 18.3. The summed E-state index contributed by atoms with van der Waals surface area (Å²) in [7, 11) is 0. The predicted molar refractivity (Wildman–Crippen MR) is 127 cm³/mol. The Morgan fingerprint density at radius 2 is 1.84 bits per heavy atom. The number of aliphatic hydroxyl groups excluding tert-OH is 1. The predicted octanol–water partition coefficient (Wildman–Crippen LogP) is 3.43. The maximum Gasteiger partial charge on any atom is 0.138 e. The molecular weight excluding hydrogens is 398 g/mol. The summed E-state index contributed by atoms with van der Waals surface area (Å²) in [4.78, 5) is 4.16. The molecule has 0 aliphatic heterocycles. The second-order valence-corrected chi connectivity index (χ2v) is 8.36. The van der Waals surface area contributed by atoms with E-state index in [1.54, 1.807) is 13.1 Å². The number of aliphatic hydroxyl groups is 1. The van der Waals surface area contributed by atoms with Gasteiger partial charge in [0.1, 0.15) is 17.8 Å². The largest absolute Gasteiger partial charge is 0.387 e. The lowest BCUT2D eigenvalue weighted by Crippen LogP contribution is -2.43. The number of rotatable bonds is 7. The summed E-state index contributed by atoms with van der Waals surface area (Å²) in [6.45, 7) is 2.67. The van der Waals surface area contributed by atoms with E-state index in [1.807, 2.05) is 22.9 Å². The van der Waals surface area contributed by atoms with Crippen molar-refractivity contribution in [1.82, 2.24) is 14.9 Å². The van der Waals surface area contributed by atoms with Crippen molar-refractivity contribution < 1.29 is 5.11 Å². The van der Waals surface area contributed by atoms with Crippen LogP contribution in [0, 0.1) is 17.3 Å². The Kier molecular flexibility index (Phi) is 6.69. The minimum absolute atomic E-state index is 0.193. The van der Waals surface area contributed by atoms with Gasteiger partial charge in [-0.2, -0.15) is 0 Å². The van der Waals surface area contributed by atoms with Gasteiger partial charge in [0.05, 0.1) is 13.1 Å². The molecule has 3 aromatic rings. The number of imidazole rings is 1. The van der Waals surface area contributed by atoms with E-state index in [9.17, 15) is 5.11 Å². The van der Waals surface area contributed by atoms with Gasteiger partial charge in [-0.05, 0) is 54.5 Å². The van der Waals surface area contributed by atoms with Crippen molar-refractivity contribution in [1.29, 1.82) is 5.41 Å². The van der Waals surface area contributed by atoms with Crippen molar-refractivity contribution in [3.63, 3.8) is 0 Å². The van der Waals surface area contributed by atoms with Crippen LogP contribution in [0.25, 0.3) is 11.1 Å². The molecule has 1 saturated carbocycles. The van der Waals surface area contributed by atoms with Gasteiger partial charge in [0, 0.05) is 24.0 Å². The number of nitrogens with two attached hydrogens (primary N) is 1. The Morgan fingerprint density at radius 1 is 1.19 bits per heavy atom. The third kappa shape index (κ3) is 5.25. The van der Waals surface area contributed by atoms with E-state index < -0.39 is 6.10 Å². The summed E-state index contributed by atoms with van der Waals surface area (Å²) >= 11 is 0.